The largest absolute Gasteiger partial charge is 0.468 e. The molecule has 0 fully saturated rings. The molecule has 150 valence electrons. The first-order valence-corrected chi connectivity index (χ1v) is 8.59. The van der Waals surface area contributed by atoms with Crippen LogP contribution in [0.2, 0.25) is 0 Å². The van der Waals surface area contributed by atoms with Gasteiger partial charge < -0.3 is 4.74 Å². The third-order valence-electron chi connectivity index (χ3n) is 4.23. The summed E-state index contributed by atoms with van der Waals surface area (Å²) in [5, 5.41) is 38.4. The summed E-state index contributed by atoms with van der Waals surface area (Å²) >= 11 is 0. The molecule has 11 nitrogen and oxygen atoms in total. The Morgan fingerprint density at radius 2 is 1.57 bits per heavy atom. The number of nitro benzene ring substituents is 2. The van der Waals surface area contributed by atoms with Gasteiger partial charge in [-0.3, -0.25) is 25.0 Å². The summed E-state index contributed by atoms with van der Waals surface area (Å²) in [5.41, 5.74) is 0.751. The van der Waals surface area contributed by atoms with Crippen molar-refractivity contribution in [3.8, 4) is 6.07 Å². The van der Waals surface area contributed by atoms with E-state index in [2.05, 4.69) is 10.2 Å². The van der Waals surface area contributed by atoms with Crippen molar-refractivity contribution in [2.24, 2.45) is 10.2 Å². The molecule has 0 spiro atoms. The highest BCUT2D eigenvalue weighted by Gasteiger charge is 2.28. The summed E-state index contributed by atoms with van der Waals surface area (Å²) in [6, 6.07) is 12.5. The number of hydrogen-bond acceptors (Lipinski definition) is 9. The lowest BCUT2D eigenvalue weighted by atomic mass is 9.97. The normalized spacial score (nSPS) is 15.2. The van der Waals surface area contributed by atoms with Crippen LogP contribution in [-0.2, 0) is 4.74 Å². The molecule has 0 radical (unpaired) electrons. The Labute approximate surface area is 169 Å². The van der Waals surface area contributed by atoms with E-state index < -0.39 is 16.0 Å². The molecule has 2 aromatic rings. The molecule has 1 aliphatic heterocycles. The van der Waals surface area contributed by atoms with Crippen molar-refractivity contribution in [1.82, 2.24) is 0 Å². The summed E-state index contributed by atoms with van der Waals surface area (Å²) in [7, 11) is 0. The van der Waals surface area contributed by atoms with Gasteiger partial charge in [-0.1, -0.05) is 0 Å². The van der Waals surface area contributed by atoms with Crippen LogP contribution in [-0.4, -0.2) is 33.3 Å². The van der Waals surface area contributed by atoms with Crippen LogP contribution in [0, 0.1) is 31.6 Å². The maximum absolute atomic E-state index is 12.7. The number of carbonyl (C=O) groups is 1. The number of nitrogens with zero attached hydrogens (tertiary/aromatic N) is 5. The average molecular weight is 407 g/mol. The Kier molecular flexibility index (Phi) is 5.88. The van der Waals surface area contributed by atoms with Crippen LogP contribution >= 0.6 is 0 Å². The van der Waals surface area contributed by atoms with Gasteiger partial charge in [0.2, 0.25) is 5.90 Å². The van der Waals surface area contributed by atoms with Gasteiger partial charge >= 0.3 is 0 Å². The molecule has 1 heterocycles. The SMILES string of the molecule is N#CCC1=NN=C(c2ccc([N+](=O)[O-])cc2)C(CC(=O)c2ccc([N+](=O)[O-])cc2)O1. The van der Waals surface area contributed by atoms with Gasteiger partial charge in [0.25, 0.3) is 11.4 Å². The van der Waals surface area contributed by atoms with E-state index in [0.29, 0.717) is 5.56 Å². The molecule has 0 N–H and O–H groups in total. The summed E-state index contributed by atoms with van der Waals surface area (Å²) < 4.78 is 5.66. The first kappa shape index (κ1) is 20.3. The van der Waals surface area contributed by atoms with E-state index in [4.69, 9.17) is 10.00 Å². The summed E-state index contributed by atoms with van der Waals surface area (Å²) in [6.07, 6.45) is -1.19. The number of ketones is 1. The van der Waals surface area contributed by atoms with Crippen LogP contribution in [0.25, 0.3) is 0 Å². The number of Topliss-reactive ketones (excluding diaryl/α,β-unsaturated/α-hetero) is 1. The zero-order chi connectivity index (χ0) is 21.7. The van der Waals surface area contributed by atoms with Gasteiger partial charge in [0.15, 0.2) is 11.9 Å². The van der Waals surface area contributed by atoms with E-state index >= 15 is 0 Å². The van der Waals surface area contributed by atoms with Crippen molar-refractivity contribution in [3.63, 3.8) is 0 Å². The van der Waals surface area contributed by atoms with Gasteiger partial charge in [-0.05, 0) is 24.3 Å². The lowest BCUT2D eigenvalue weighted by Crippen LogP contribution is -2.33. The van der Waals surface area contributed by atoms with E-state index in [1.807, 2.05) is 6.07 Å². The molecule has 0 saturated heterocycles. The minimum absolute atomic E-state index is 0.0460. The van der Waals surface area contributed by atoms with Crippen molar-refractivity contribution in [3.05, 3.63) is 79.9 Å². The van der Waals surface area contributed by atoms with Crippen molar-refractivity contribution >= 4 is 28.8 Å². The van der Waals surface area contributed by atoms with E-state index in [-0.39, 0.29) is 47.2 Å². The van der Waals surface area contributed by atoms with Crippen LogP contribution in [0.1, 0.15) is 28.8 Å². The van der Waals surface area contributed by atoms with Crippen molar-refractivity contribution in [1.29, 1.82) is 5.26 Å². The maximum Gasteiger partial charge on any atom is 0.269 e. The van der Waals surface area contributed by atoms with Gasteiger partial charge in [0, 0.05) is 35.4 Å². The van der Waals surface area contributed by atoms with Gasteiger partial charge in [0.05, 0.1) is 22.3 Å². The number of ether oxygens (including phenoxy) is 1. The number of nitriles is 1. The average Bonchev–Trinajstić information content (AvgIpc) is 2.74. The summed E-state index contributed by atoms with van der Waals surface area (Å²) in [4.78, 5) is 33.2. The molecule has 0 amide bonds. The first-order chi connectivity index (χ1) is 14.4. The molecule has 1 aliphatic rings. The molecule has 1 atom stereocenters. The number of rotatable bonds is 7. The predicted octanol–water partition coefficient (Wildman–Crippen LogP) is 3.19. The molecule has 0 aliphatic carbocycles. The van der Waals surface area contributed by atoms with Gasteiger partial charge in [-0.2, -0.15) is 5.26 Å². The van der Waals surface area contributed by atoms with Crippen LogP contribution in [0.15, 0.2) is 58.7 Å². The number of nitro groups is 2. The Morgan fingerprint density at radius 3 is 2.10 bits per heavy atom. The summed E-state index contributed by atoms with van der Waals surface area (Å²) in [5.74, 6) is -0.313. The lowest BCUT2D eigenvalue weighted by Gasteiger charge is -2.23. The monoisotopic (exact) mass is 407 g/mol. The highest BCUT2D eigenvalue weighted by atomic mass is 16.6. The topological polar surface area (TPSA) is 161 Å². The second-order valence-electron chi connectivity index (χ2n) is 6.16. The van der Waals surface area contributed by atoms with Crippen LogP contribution < -0.4 is 0 Å². The maximum atomic E-state index is 12.7. The predicted molar refractivity (Wildman–Crippen MR) is 104 cm³/mol. The fourth-order valence-corrected chi connectivity index (χ4v) is 2.75. The second kappa shape index (κ2) is 8.70. The third-order valence-corrected chi connectivity index (χ3v) is 4.23. The molecule has 0 aromatic heterocycles. The van der Waals surface area contributed by atoms with Crippen LogP contribution in [0.5, 0.6) is 0 Å². The summed E-state index contributed by atoms with van der Waals surface area (Å²) in [6.45, 7) is 0. The molecular formula is C19H13N5O6. The number of non-ortho nitro benzene ring substituents is 2. The van der Waals surface area contributed by atoms with Gasteiger partial charge in [0.1, 0.15) is 12.1 Å². The molecule has 1 unspecified atom stereocenters. The second-order valence-corrected chi connectivity index (χ2v) is 6.16. The number of carbonyl (C=O) groups excluding carboxylic acids is 1. The molecule has 2 aromatic carbocycles. The zero-order valence-corrected chi connectivity index (χ0v) is 15.3. The molecular weight excluding hydrogens is 394 g/mol. The molecule has 0 saturated carbocycles. The zero-order valence-electron chi connectivity index (χ0n) is 15.3. The number of benzene rings is 2. The smallest absolute Gasteiger partial charge is 0.269 e. The molecule has 30 heavy (non-hydrogen) atoms. The standard InChI is InChI=1S/C19H13N5O6/c20-10-9-18-21-22-19(13-3-7-15(8-4-13)24(28)29)17(30-18)11-16(25)12-1-5-14(6-2-12)23(26)27/h1-8,17H,9,11H2. The Hall–Kier alpha value is -4.46. The van der Waals surface area contributed by atoms with Crippen LogP contribution in [0.3, 0.4) is 0 Å². The first-order valence-electron chi connectivity index (χ1n) is 8.59. The van der Waals surface area contributed by atoms with E-state index in [9.17, 15) is 25.0 Å². The van der Waals surface area contributed by atoms with Crippen molar-refractivity contribution < 1.29 is 19.4 Å². The van der Waals surface area contributed by atoms with Crippen LogP contribution in [0.4, 0.5) is 11.4 Å². The van der Waals surface area contributed by atoms with Gasteiger partial charge in [-0.25, -0.2) is 0 Å². The fraction of sp³-hybridized carbons (Fsp3) is 0.158. The Bertz CT molecular complexity index is 1100. The quantitative estimate of drug-likeness (QED) is 0.386. The van der Waals surface area contributed by atoms with E-state index in [0.717, 1.165) is 0 Å². The fourth-order valence-electron chi connectivity index (χ4n) is 2.75. The van der Waals surface area contributed by atoms with Crippen molar-refractivity contribution in [2.75, 3.05) is 0 Å². The minimum Gasteiger partial charge on any atom is -0.468 e. The third kappa shape index (κ3) is 4.50. The van der Waals surface area contributed by atoms with E-state index in [1.54, 1.807) is 0 Å². The Morgan fingerprint density at radius 1 is 1.00 bits per heavy atom. The number of hydrogen-bond donors (Lipinski definition) is 0. The molecule has 0 bridgehead atoms. The van der Waals surface area contributed by atoms with Gasteiger partial charge in [-0.15, -0.1) is 10.2 Å². The Balaban J connectivity index is 1.86. The lowest BCUT2D eigenvalue weighted by molar-refractivity contribution is -0.385. The highest BCUT2D eigenvalue weighted by molar-refractivity contribution is 6.09. The minimum atomic E-state index is -0.880. The highest BCUT2D eigenvalue weighted by Crippen LogP contribution is 2.22. The van der Waals surface area contributed by atoms with E-state index in [1.165, 1.54) is 48.5 Å². The molecule has 11 heteroatoms. The molecule has 3 rings (SSSR count). The van der Waals surface area contributed by atoms with Crippen molar-refractivity contribution in [2.45, 2.75) is 18.9 Å².